The van der Waals surface area contributed by atoms with E-state index in [1.165, 1.54) is 25.0 Å². The minimum atomic E-state index is -0.789. The van der Waals surface area contributed by atoms with Crippen molar-refractivity contribution in [1.29, 1.82) is 0 Å². The van der Waals surface area contributed by atoms with Crippen LogP contribution in [0.25, 0.3) is 0 Å². The zero-order valence-corrected chi connectivity index (χ0v) is 15.3. The predicted octanol–water partition coefficient (Wildman–Crippen LogP) is 2.21. The zero-order chi connectivity index (χ0) is 19.1. The van der Waals surface area contributed by atoms with Crippen molar-refractivity contribution in [2.45, 2.75) is 25.9 Å². The van der Waals surface area contributed by atoms with Crippen molar-refractivity contribution in [1.82, 2.24) is 15.3 Å². The van der Waals surface area contributed by atoms with E-state index in [9.17, 15) is 9.18 Å². The Bertz CT molecular complexity index is 767. The van der Waals surface area contributed by atoms with Crippen LogP contribution in [0.3, 0.4) is 0 Å². The van der Waals surface area contributed by atoms with E-state index in [1.54, 1.807) is 25.4 Å². The van der Waals surface area contributed by atoms with E-state index in [0.29, 0.717) is 13.1 Å². The Morgan fingerprint density at radius 2 is 2.04 bits per heavy atom. The van der Waals surface area contributed by atoms with Gasteiger partial charge in [0, 0.05) is 32.2 Å². The van der Waals surface area contributed by atoms with Crippen molar-refractivity contribution in [3.8, 4) is 5.75 Å². The molecule has 0 spiro atoms. The maximum absolute atomic E-state index is 13.6. The number of rotatable bonds is 8. The van der Waals surface area contributed by atoms with Crippen LogP contribution in [0.1, 0.15) is 19.8 Å². The summed E-state index contributed by atoms with van der Waals surface area (Å²) in [6, 6.07) is 7.93. The molecule has 1 saturated heterocycles. The number of anilines is 2. The molecular formula is C19H24FN5O2. The summed E-state index contributed by atoms with van der Waals surface area (Å²) in [6.07, 6.45) is 3.12. The zero-order valence-electron chi connectivity index (χ0n) is 15.3. The Morgan fingerprint density at radius 3 is 2.81 bits per heavy atom. The predicted molar refractivity (Wildman–Crippen MR) is 101 cm³/mol. The minimum absolute atomic E-state index is 0.0636. The van der Waals surface area contributed by atoms with Crippen LogP contribution in [-0.4, -0.2) is 48.2 Å². The highest BCUT2D eigenvalue weighted by Crippen LogP contribution is 2.19. The van der Waals surface area contributed by atoms with Gasteiger partial charge in [0.1, 0.15) is 18.0 Å². The van der Waals surface area contributed by atoms with Gasteiger partial charge in [-0.25, -0.2) is 14.4 Å². The third-order valence-corrected chi connectivity index (χ3v) is 4.32. The maximum Gasteiger partial charge on any atom is 0.260 e. The van der Waals surface area contributed by atoms with Crippen molar-refractivity contribution in [2.24, 2.45) is 0 Å². The molecule has 8 heteroatoms. The Labute approximate surface area is 158 Å². The highest BCUT2D eigenvalue weighted by Gasteiger charge is 2.16. The molecule has 0 aliphatic carbocycles. The van der Waals surface area contributed by atoms with Crippen LogP contribution in [0, 0.1) is 5.82 Å². The number of hydrogen-bond acceptors (Lipinski definition) is 6. The fourth-order valence-electron chi connectivity index (χ4n) is 2.87. The van der Waals surface area contributed by atoms with E-state index in [2.05, 4.69) is 25.5 Å². The first-order chi connectivity index (χ1) is 13.1. The molecule has 1 atom stereocenters. The average molecular weight is 373 g/mol. The molecule has 1 amide bonds. The standard InChI is InChI=1S/C19H24FN5O2/c1-14(27-16-7-3-2-6-15(16)20)19(26)22-9-8-21-17-12-18(24-13-23-17)25-10-4-5-11-25/h2-3,6-7,12-14H,4-5,8-11H2,1H3,(H,22,26)(H,21,23,24). The summed E-state index contributed by atoms with van der Waals surface area (Å²) in [4.78, 5) is 22.8. The lowest BCUT2D eigenvalue weighted by atomic mass is 10.3. The first-order valence-electron chi connectivity index (χ1n) is 9.13. The van der Waals surface area contributed by atoms with Gasteiger partial charge in [0.2, 0.25) is 0 Å². The molecule has 2 aromatic rings. The molecule has 0 bridgehead atoms. The quantitative estimate of drug-likeness (QED) is 0.691. The number of nitrogens with zero attached hydrogens (tertiary/aromatic N) is 3. The summed E-state index contributed by atoms with van der Waals surface area (Å²) in [6.45, 7) is 4.53. The minimum Gasteiger partial charge on any atom is -0.478 e. The number of carbonyl (C=O) groups excluding carboxylic acids is 1. The Hall–Kier alpha value is -2.90. The van der Waals surface area contributed by atoms with Gasteiger partial charge in [-0.05, 0) is 31.9 Å². The van der Waals surface area contributed by atoms with Gasteiger partial charge in [-0.1, -0.05) is 12.1 Å². The van der Waals surface area contributed by atoms with E-state index in [1.807, 2.05) is 6.07 Å². The molecule has 1 aliphatic heterocycles. The fraction of sp³-hybridized carbons (Fsp3) is 0.421. The Balaban J connectivity index is 1.41. The Kier molecular flexibility index (Phi) is 6.40. The molecule has 1 aromatic carbocycles. The summed E-state index contributed by atoms with van der Waals surface area (Å²) in [7, 11) is 0. The lowest BCUT2D eigenvalue weighted by molar-refractivity contribution is -0.127. The summed E-state index contributed by atoms with van der Waals surface area (Å²) < 4.78 is 18.9. The molecule has 1 aliphatic rings. The number of carbonyl (C=O) groups is 1. The Morgan fingerprint density at radius 1 is 1.26 bits per heavy atom. The highest BCUT2D eigenvalue weighted by molar-refractivity contribution is 5.80. The van der Waals surface area contributed by atoms with E-state index < -0.39 is 11.9 Å². The second kappa shape index (κ2) is 9.16. The van der Waals surface area contributed by atoms with Gasteiger partial charge in [0.05, 0.1) is 0 Å². The topological polar surface area (TPSA) is 79.4 Å². The third-order valence-electron chi connectivity index (χ3n) is 4.32. The number of aromatic nitrogens is 2. The van der Waals surface area contributed by atoms with Crippen LogP contribution in [0.15, 0.2) is 36.7 Å². The third kappa shape index (κ3) is 5.29. The molecule has 1 fully saturated rings. The molecule has 27 heavy (non-hydrogen) atoms. The van der Waals surface area contributed by atoms with Gasteiger partial charge >= 0.3 is 0 Å². The van der Waals surface area contributed by atoms with Gasteiger partial charge in [-0.3, -0.25) is 4.79 Å². The summed E-state index contributed by atoms with van der Waals surface area (Å²) in [5.41, 5.74) is 0. The number of benzene rings is 1. The number of para-hydroxylation sites is 1. The molecule has 1 unspecified atom stereocenters. The largest absolute Gasteiger partial charge is 0.478 e. The molecular weight excluding hydrogens is 349 g/mol. The molecule has 1 aromatic heterocycles. The number of hydrogen-bond donors (Lipinski definition) is 2. The van der Waals surface area contributed by atoms with E-state index >= 15 is 0 Å². The maximum atomic E-state index is 13.6. The van der Waals surface area contributed by atoms with Crippen molar-refractivity contribution in [3.63, 3.8) is 0 Å². The fourth-order valence-corrected chi connectivity index (χ4v) is 2.87. The molecule has 144 valence electrons. The van der Waals surface area contributed by atoms with E-state index in [-0.39, 0.29) is 11.7 Å². The lowest BCUT2D eigenvalue weighted by Gasteiger charge is -2.17. The molecule has 7 nitrogen and oxygen atoms in total. The highest BCUT2D eigenvalue weighted by atomic mass is 19.1. The SMILES string of the molecule is CC(Oc1ccccc1F)C(=O)NCCNc1cc(N2CCCC2)ncn1. The lowest BCUT2D eigenvalue weighted by Crippen LogP contribution is -2.38. The molecule has 2 N–H and O–H groups in total. The van der Waals surface area contributed by atoms with Crippen LogP contribution >= 0.6 is 0 Å². The van der Waals surface area contributed by atoms with E-state index in [0.717, 1.165) is 24.7 Å². The number of halogens is 1. The molecule has 2 heterocycles. The summed E-state index contributed by atoms with van der Waals surface area (Å²) >= 11 is 0. The van der Waals surface area contributed by atoms with E-state index in [4.69, 9.17) is 4.74 Å². The van der Waals surface area contributed by atoms with Gasteiger partial charge in [-0.2, -0.15) is 0 Å². The summed E-state index contributed by atoms with van der Waals surface area (Å²) in [5, 5.41) is 5.93. The van der Waals surface area contributed by atoms with Crippen LogP contribution in [0.4, 0.5) is 16.0 Å². The molecule has 0 saturated carbocycles. The normalized spacial score (nSPS) is 14.7. The van der Waals surface area contributed by atoms with Crippen LogP contribution in [0.5, 0.6) is 5.75 Å². The number of ether oxygens (including phenoxy) is 1. The van der Waals surface area contributed by atoms with Gasteiger partial charge < -0.3 is 20.3 Å². The smallest absolute Gasteiger partial charge is 0.260 e. The van der Waals surface area contributed by atoms with Gasteiger partial charge in [0.15, 0.2) is 17.7 Å². The van der Waals surface area contributed by atoms with Gasteiger partial charge in [-0.15, -0.1) is 0 Å². The molecule has 3 rings (SSSR count). The second-order valence-corrected chi connectivity index (χ2v) is 6.36. The first kappa shape index (κ1) is 18.9. The second-order valence-electron chi connectivity index (χ2n) is 6.36. The van der Waals surface area contributed by atoms with Crippen LogP contribution in [-0.2, 0) is 4.79 Å². The van der Waals surface area contributed by atoms with Gasteiger partial charge in [0.25, 0.3) is 5.91 Å². The average Bonchev–Trinajstić information content (AvgIpc) is 3.22. The van der Waals surface area contributed by atoms with Crippen molar-refractivity contribution < 1.29 is 13.9 Å². The number of nitrogens with one attached hydrogen (secondary N) is 2. The molecule has 0 radical (unpaired) electrons. The number of amides is 1. The van der Waals surface area contributed by atoms with Crippen LogP contribution < -0.4 is 20.3 Å². The first-order valence-corrected chi connectivity index (χ1v) is 9.13. The monoisotopic (exact) mass is 373 g/mol. The van der Waals surface area contributed by atoms with Crippen LogP contribution in [0.2, 0.25) is 0 Å². The van der Waals surface area contributed by atoms with Crippen molar-refractivity contribution >= 4 is 17.5 Å². The van der Waals surface area contributed by atoms with Crippen molar-refractivity contribution in [2.75, 3.05) is 36.4 Å². The summed E-state index contributed by atoms with van der Waals surface area (Å²) in [5.74, 6) is 0.906. The van der Waals surface area contributed by atoms with Crippen molar-refractivity contribution in [3.05, 3.63) is 42.5 Å².